The maximum absolute atomic E-state index is 11.0. The molecule has 2 aromatic heterocycles. The first kappa shape index (κ1) is 18.1. The van der Waals surface area contributed by atoms with Crippen molar-refractivity contribution in [3.63, 3.8) is 0 Å². The van der Waals surface area contributed by atoms with Crippen LogP contribution in [0.15, 0.2) is 42.6 Å². The van der Waals surface area contributed by atoms with Crippen LogP contribution in [0.25, 0.3) is 11.4 Å². The molecule has 144 valence electrons. The first-order valence-electron chi connectivity index (χ1n) is 9.47. The topological polar surface area (TPSA) is 98.8 Å². The normalized spacial score (nSPS) is 14.3. The molecule has 1 fully saturated rings. The van der Waals surface area contributed by atoms with Gasteiger partial charge in [0.15, 0.2) is 5.82 Å². The maximum atomic E-state index is 11.0. The van der Waals surface area contributed by atoms with Gasteiger partial charge in [0.2, 0.25) is 0 Å². The molecule has 0 saturated heterocycles. The second-order valence-electron chi connectivity index (χ2n) is 7.10. The minimum Gasteiger partial charge on any atom is -0.364 e. The van der Waals surface area contributed by atoms with Gasteiger partial charge in [0.05, 0.1) is 23.2 Å². The van der Waals surface area contributed by atoms with Crippen molar-refractivity contribution < 1.29 is 4.92 Å². The van der Waals surface area contributed by atoms with Gasteiger partial charge >= 0.3 is 0 Å². The second-order valence-corrected chi connectivity index (χ2v) is 7.10. The van der Waals surface area contributed by atoms with Crippen LogP contribution in [-0.2, 0) is 6.54 Å². The fraction of sp³-hybridized carbons (Fsp3) is 0.350. The highest BCUT2D eigenvalue weighted by Crippen LogP contribution is 2.28. The second kappa shape index (κ2) is 7.75. The molecule has 0 atom stereocenters. The van der Waals surface area contributed by atoms with Crippen LogP contribution in [-0.4, -0.2) is 24.7 Å². The molecular formula is C20H22N6O2. The Morgan fingerprint density at radius 2 is 2.04 bits per heavy atom. The Kier molecular flexibility index (Phi) is 5.01. The number of anilines is 1. The van der Waals surface area contributed by atoms with Gasteiger partial charge in [0.1, 0.15) is 5.82 Å². The van der Waals surface area contributed by atoms with Crippen LogP contribution in [0.5, 0.6) is 0 Å². The number of nitro groups is 1. The summed E-state index contributed by atoms with van der Waals surface area (Å²) in [5.41, 5.74) is 2.39. The Hall–Kier alpha value is -3.29. The van der Waals surface area contributed by atoms with Crippen molar-refractivity contribution in [2.75, 3.05) is 5.32 Å². The van der Waals surface area contributed by atoms with E-state index in [9.17, 15) is 10.1 Å². The molecule has 1 aromatic carbocycles. The molecule has 0 amide bonds. The van der Waals surface area contributed by atoms with Crippen molar-refractivity contribution >= 4 is 11.5 Å². The van der Waals surface area contributed by atoms with E-state index in [4.69, 9.17) is 0 Å². The Morgan fingerprint density at radius 1 is 1.21 bits per heavy atom. The number of benzene rings is 1. The highest BCUT2D eigenvalue weighted by Gasteiger charge is 2.17. The summed E-state index contributed by atoms with van der Waals surface area (Å²) >= 11 is 0. The van der Waals surface area contributed by atoms with Crippen molar-refractivity contribution in [1.82, 2.24) is 19.7 Å². The van der Waals surface area contributed by atoms with Crippen LogP contribution < -0.4 is 5.32 Å². The molecule has 0 radical (unpaired) electrons. The minimum absolute atomic E-state index is 0.0227. The largest absolute Gasteiger partial charge is 0.364 e. The molecule has 8 nitrogen and oxygen atoms in total. The standard InChI is InChI=1S/C20H22N6O2/c1-14-11-19(21-13-16-9-10-25(24-16)17-6-2-3-7-17)23-20(22-14)15-5-4-8-18(12-15)26(27)28/h4-5,8-12,17H,2-3,6-7,13H2,1H3,(H,21,22,23). The molecule has 1 saturated carbocycles. The molecule has 0 aliphatic heterocycles. The summed E-state index contributed by atoms with van der Waals surface area (Å²) in [5, 5.41) is 19.0. The quantitative estimate of drug-likeness (QED) is 0.508. The number of aryl methyl sites for hydroxylation is 1. The maximum Gasteiger partial charge on any atom is 0.270 e. The number of aromatic nitrogens is 4. The smallest absolute Gasteiger partial charge is 0.270 e. The lowest BCUT2D eigenvalue weighted by molar-refractivity contribution is -0.384. The van der Waals surface area contributed by atoms with Crippen LogP contribution in [0.3, 0.4) is 0 Å². The van der Waals surface area contributed by atoms with Crippen molar-refractivity contribution in [3.8, 4) is 11.4 Å². The number of hydrogen-bond acceptors (Lipinski definition) is 6. The molecule has 1 aliphatic rings. The fourth-order valence-electron chi connectivity index (χ4n) is 3.57. The first-order valence-corrected chi connectivity index (χ1v) is 9.47. The average molecular weight is 378 g/mol. The average Bonchev–Trinajstić information content (AvgIpc) is 3.38. The van der Waals surface area contributed by atoms with Gasteiger partial charge in [0.25, 0.3) is 5.69 Å². The van der Waals surface area contributed by atoms with Gasteiger partial charge in [-0.1, -0.05) is 25.0 Å². The Labute approximate surface area is 162 Å². The third-order valence-corrected chi connectivity index (χ3v) is 4.98. The van der Waals surface area contributed by atoms with E-state index >= 15 is 0 Å². The lowest BCUT2D eigenvalue weighted by Gasteiger charge is -2.10. The molecule has 8 heteroatoms. The SMILES string of the molecule is Cc1cc(NCc2ccn(C3CCCC3)n2)nc(-c2cccc([N+](=O)[O-])c2)n1. The number of hydrogen-bond donors (Lipinski definition) is 1. The fourth-order valence-corrected chi connectivity index (χ4v) is 3.57. The first-order chi connectivity index (χ1) is 13.6. The van der Waals surface area contributed by atoms with E-state index in [1.54, 1.807) is 12.1 Å². The van der Waals surface area contributed by atoms with E-state index in [1.165, 1.54) is 37.8 Å². The number of nitrogens with zero attached hydrogens (tertiary/aromatic N) is 5. The summed E-state index contributed by atoms with van der Waals surface area (Å²) in [4.78, 5) is 19.5. The Bertz CT molecular complexity index is 994. The van der Waals surface area contributed by atoms with Crippen LogP contribution in [0, 0.1) is 17.0 Å². The highest BCUT2D eigenvalue weighted by atomic mass is 16.6. The minimum atomic E-state index is -0.418. The Balaban J connectivity index is 1.50. The van der Waals surface area contributed by atoms with Gasteiger partial charge in [-0.2, -0.15) is 5.10 Å². The zero-order valence-corrected chi connectivity index (χ0v) is 15.7. The molecule has 28 heavy (non-hydrogen) atoms. The molecule has 1 N–H and O–H groups in total. The van der Waals surface area contributed by atoms with Crippen molar-refractivity contribution in [2.45, 2.75) is 45.2 Å². The third kappa shape index (κ3) is 4.00. The van der Waals surface area contributed by atoms with Gasteiger partial charge in [-0.25, -0.2) is 9.97 Å². The number of nitrogens with one attached hydrogen (secondary N) is 1. The van der Waals surface area contributed by atoms with Crippen LogP contribution in [0.4, 0.5) is 11.5 Å². The monoisotopic (exact) mass is 378 g/mol. The van der Waals surface area contributed by atoms with Gasteiger partial charge in [-0.3, -0.25) is 14.8 Å². The summed E-state index contributed by atoms with van der Waals surface area (Å²) in [6.07, 6.45) is 7.00. The van der Waals surface area contributed by atoms with Gasteiger partial charge < -0.3 is 5.32 Å². The van der Waals surface area contributed by atoms with Crippen molar-refractivity contribution in [2.24, 2.45) is 0 Å². The number of non-ortho nitro benzene ring substituents is 1. The molecule has 0 unspecified atom stereocenters. The van der Waals surface area contributed by atoms with Gasteiger partial charge in [-0.15, -0.1) is 0 Å². The van der Waals surface area contributed by atoms with Crippen LogP contribution >= 0.6 is 0 Å². The molecule has 0 bridgehead atoms. The summed E-state index contributed by atoms with van der Waals surface area (Å²) in [5.74, 6) is 1.13. The summed E-state index contributed by atoms with van der Waals surface area (Å²) < 4.78 is 2.07. The van der Waals surface area contributed by atoms with E-state index in [-0.39, 0.29) is 5.69 Å². The highest BCUT2D eigenvalue weighted by molar-refractivity contribution is 5.61. The molecule has 4 rings (SSSR count). The Morgan fingerprint density at radius 3 is 2.82 bits per heavy atom. The zero-order chi connectivity index (χ0) is 19.5. The molecule has 3 aromatic rings. The van der Waals surface area contributed by atoms with Crippen molar-refractivity contribution in [3.05, 3.63) is 64.1 Å². The molecule has 1 aliphatic carbocycles. The van der Waals surface area contributed by atoms with Crippen molar-refractivity contribution in [1.29, 1.82) is 0 Å². The van der Waals surface area contributed by atoms with Crippen LogP contribution in [0.1, 0.15) is 43.1 Å². The van der Waals surface area contributed by atoms with E-state index in [0.717, 1.165) is 11.4 Å². The molecule has 0 spiro atoms. The predicted octanol–water partition coefficient (Wildman–Crippen LogP) is 4.28. The lowest BCUT2D eigenvalue weighted by Crippen LogP contribution is -2.08. The molecular weight excluding hydrogens is 356 g/mol. The summed E-state index contributed by atoms with van der Waals surface area (Å²) in [6, 6.07) is 10.8. The number of nitro benzene ring substituents is 1. The zero-order valence-electron chi connectivity index (χ0n) is 15.7. The van der Waals surface area contributed by atoms with E-state index in [0.29, 0.717) is 29.8 Å². The number of rotatable bonds is 6. The summed E-state index contributed by atoms with van der Waals surface area (Å²) in [7, 11) is 0. The van der Waals surface area contributed by atoms with E-state index in [2.05, 4.69) is 25.1 Å². The van der Waals surface area contributed by atoms with Gasteiger partial charge in [0, 0.05) is 35.7 Å². The van der Waals surface area contributed by atoms with Gasteiger partial charge in [-0.05, 0) is 25.8 Å². The predicted molar refractivity (Wildman–Crippen MR) is 106 cm³/mol. The third-order valence-electron chi connectivity index (χ3n) is 4.98. The van der Waals surface area contributed by atoms with Crippen LogP contribution in [0.2, 0.25) is 0 Å². The molecule has 2 heterocycles. The lowest BCUT2D eigenvalue weighted by atomic mass is 10.2. The summed E-state index contributed by atoms with van der Waals surface area (Å²) in [6.45, 7) is 2.44. The van der Waals surface area contributed by atoms with E-state index < -0.39 is 4.92 Å². The van der Waals surface area contributed by atoms with E-state index in [1.807, 2.05) is 25.3 Å².